The third kappa shape index (κ3) is 6.12. The smallest absolute Gasteiger partial charge is 0.410 e. The zero-order valence-corrected chi connectivity index (χ0v) is 23.1. The first kappa shape index (κ1) is 28.6. The molecule has 0 spiro atoms. The number of carbonyl (C=O) groups is 2. The molecule has 2 heterocycles. The Kier molecular flexibility index (Phi) is 7.82. The van der Waals surface area contributed by atoms with Gasteiger partial charge < -0.3 is 34.2 Å². The number of methoxy groups -OCH3 is 1. The summed E-state index contributed by atoms with van der Waals surface area (Å²) in [7, 11) is 1.57. The number of rotatable bonds is 6. The largest absolute Gasteiger partial charge is 0.497 e. The van der Waals surface area contributed by atoms with Crippen molar-refractivity contribution in [3.63, 3.8) is 0 Å². The van der Waals surface area contributed by atoms with E-state index in [-0.39, 0.29) is 57.1 Å². The summed E-state index contributed by atoms with van der Waals surface area (Å²) < 4.78 is 31.7. The summed E-state index contributed by atoms with van der Waals surface area (Å²) in [5, 5.41) is 22.5. The van der Waals surface area contributed by atoms with Crippen LogP contribution in [0.5, 0.6) is 11.5 Å². The Morgan fingerprint density at radius 3 is 2.41 bits per heavy atom. The van der Waals surface area contributed by atoms with E-state index in [0.29, 0.717) is 17.1 Å². The molecule has 0 unspecified atom stereocenters. The van der Waals surface area contributed by atoms with Crippen molar-refractivity contribution in [2.45, 2.75) is 70.3 Å². The van der Waals surface area contributed by atoms with Crippen LogP contribution < -0.4 is 14.4 Å². The fourth-order valence-electron chi connectivity index (χ4n) is 4.92. The molecule has 9 nitrogen and oxygen atoms in total. The van der Waals surface area contributed by atoms with E-state index in [1.165, 1.54) is 28.9 Å². The number of ether oxygens (including phenoxy) is 3. The Hall–Kier alpha value is -3.37. The topological polar surface area (TPSA) is 109 Å². The number of aliphatic hydroxyl groups is 2. The summed E-state index contributed by atoms with van der Waals surface area (Å²) in [5.41, 5.74) is -2.58. The Bertz CT molecular complexity index is 1230. The molecule has 1 fully saturated rings. The molecule has 0 radical (unpaired) electrons. The highest BCUT2D eigenvalue weighted by molar-refractivity contribution is 5.97. The lowest BCUT2D eigenvalue weighted by Crippen LogP contribution is -2.66. The Labute approximate surface area is 228 Å². The van der Waals surface area contributed by atoms with E-state index in [9.17, 15) is 19.8 Å². The number of hydrogen-bond donors (Lipinski definition) is 2. The molecule has 4 rings (SSSR count). The van der Waals surface area contributed by atoms with E-state index in [1.807, 2.05) is 12.1 Å². The first-order chi connectivity index (χ1) is 18.2. The molecule has 10 heteroatoms. The molecule has 0 saturated carbocycles. The molecule has 0 aromatic heterocycles. The maximum atomic E-state index is 15.1. The Balaban J connectivity index is 1.52. The zero-order valence-electron chi connectivity index (χ0n) is 23.1. The molecule has 2 aromatic rings. The number of β-amino-alcohol motifs (C(OH)–C–C–N with tert-alkyl or cyclic N) is 1. The standard InChI is InChI=1S/C29H37FN2O7/c1-27(2,3)39-26(34)31-15-14-29(36,28(4,35)17-31)18-38-23-12-11-22(30)25-21(23)10-13-24(33)32(25)16-19-6-8-20(37-5)9-7-19/h6-9,11-12,35-36H,10,13-18H2,1-5H3/t28-,29-/m0/s1. The first-order valence-electron chi connectivity index (χ1n) is 13.0. The van der Waals surface area contributed by atoms with Crippen LogP contribution in [0, 0.1) is 5.82 Å². The van der Waals surface area contributed by atoms with Gasteiger partial charge in [0.25, 0.3) is 0 Å². The van der Waals surface area contributed by atoms with E-state index in [1.54, 1.807) is 40.0 Å². The number of benzene rings is 2. The second kappa shape index (κ2) is 10.7. The summed E-state index contributed by atoms with van der Waals surface area (Å²) in [6.45, 7) is 6.62. The highest BCUT2D eigenvalue weighted by atomic mass is 19.1. The van der Waals surface area contributed by atoms with Crippen LogP contribution in [-0.2, 0) is 22.5 Å². The summed E-state index contributed by atoms with van der Waals surface area (Å²) in [5.74, 6) is 0.259. The van der Waals surface area contributed by atoms with Gasteiger partial charge in [-0.15, -0.1) is 0 Å². The SMILES string of the molecule is COc1ccc(CN2C(=O)CCc3c(OC[C@@]4(O)CCN(C(=O)OC(C)(C)C)C[C@]4(C)O)ccc(F)c32)cc1. The zero-order chi connectivity index (χ0) is 28.6. The van der Waals surface area contributed by atoms with E-state index >= 15 is 4.39 Å². The molecule has 0 aliphatic carbocycles. The molecular weight excluding hydrogens is 507 g/mol. The van der Waals surface area contributed by atoms with Gasteiger partial charge >= 0.3 is 6.09 Å². The van der Waals surface area contributed by atoms with Gasteiger partial charge in [0.15, 0.2) is 0 Å². The second-order valence-corrected chi connectivity index (χ2v) is 11.4. The predicted molar refractivity (Wildman–Crippen MR) is 142 cm³/mol. The van der Waals surface area contributed by atoms with Crippen LogP contribution in [-0.4, -0.2) is 70.7 Å². The maximum absolute atomic E-state index is 15.1. The summed E-state index contributed by atoms with van der Waals surface area (Å²) in [6.07, 6.45) is -0.0674. The van der Waals surface area contributed by atoms with E-state index in [0.717, 1.165) is 5.56 Å². The summed E-state index contributed by atoms with van der Waals surface area (Å²) >= 11 is 0. The molecule has 0 bridgehead atoms. The van der Waals surface area contributed by atoms with Crippen LogP contribution in [0.4, 0.5) is 14.9 Å². The molecule has 39 heavy (non-hydrogen) atoms. The molecule has 2 aliphatic heterocycles. The first-order valence-corrected chi connectivity index (χ1v) is 13.0. The number of piperidine rings is 1. The fraction of sp³-hybridized carbons (Fsp3) is 0.517. The van der Waals surface area contributed by atoms with Crippen LogP contribution in [0.2, 0.25) is 0 Å². The van der Waals surface area contributed by atoms with E-state index in [2.05, 4.69) is 0 Å². The van der Waals surface area contributed by atoms with Gasteiger partial charge in [-0.25, -0.2) is 9.18 Å². The number of nitrogens with zero attached hydrogens (tertiary/aromatic N) is 2. The number of anilines is 1. The number of carbonyl (C=O) groups excluding carboxylic acids is 2. The molecule has 1 saturated heterocycles. The van der Waals surface area contributed by atoms with Crippen LogP contribution >= 0.6 is 0 Å². The fourth-order valence-corrected chi connectivity index (χ4v) is 4.92. The average molecular weight is 545 g/mol. The van der Waals surface area contributed by atoms with E-state index < -0.39 is 28.7 Å². The highest BCUT2D eigenvalue weighted by Gasteiger charge is 2.52. The van der Waals surface area contributed by atoms with Crippen molar-refractivity contribution < 1.29 is 38.4 Å². The Morgan fingerprint density at radius 1 is 1.10 bits per heavy atom. The maximum Gasteiger partial charge on any atom is 0.410 e. The van der Waals surface area contributed by atoms with Crippen molar-refractivity contribution >= 4 is 17.7 Å². The van der Waals surface area contributed by atoms with Gasteiger partial charge in [0.1, 0.15) is 40.7 Å². The lowest BCUT2D eigenvalue weighted by Gasteiger charge is -2.48. The highest BCUT2D eigenvalue weighted by Crippen LogP contribution is 2.40. The normalized spacial score (nSPS) is 23.3. The minimum absolute atomic E-state index is 0.0463. The molecule has 2 aromatic carbocycles. The van der Waals surface area contributed by atoms with Crippen molar-refractivity contribution in [3.8, 4) is 11.5 Å². The molecule has 212 valence electrons. The van der Waals surface area contributed by atoms with Crippen LogP contribution in [0.3, 0.4) is 0 Å². The quantitative estimate of drug-likeness (QED) is 0.569. The average Bonchev–Trinajstić information content (AvgIpc) is 2.86. The number of amides is 2. The van der Waals surface area contributed by atoms with Crippen molar-refractivity contribution in [2.75, 3.05) is 31.7 Å². The second-order valence-electron chi connectivity index (χ2n) is 11.4. The molecule has 2 amide bonds. The molecule has 2 atom stereocenters. The van der Waals surface area contributed by atoms with Crippen LogP contribution in [0.1, 0.15) is 51.7 Å². The molecule has 2 N–H and O–H groups in total. The van der Waals surface area contributed by atoms with Crippen LogP contribution in [0.25, 0.3) is 0 Å². The van der Waals surface area contributed by atoms with Crippen molar-refractivity contribution in [3.05, 3.63) is 53.3 Å². The number of fused-ring (bicyclic) bond motifs is 1. The van der Waals surface area contributed by atoms with Gasteiger partial charge in [-0.3, -0.25) is 4.79 Å². The lowest BCUT2D eigenvalue weighted by atomic mass is 9.78. The van der Waals surface area contributed by atoms with Gasteiger partial charge in [-0.05, 0) is 63.9 Å². The summed E-state index contributed by atoms with van der Waals surface area (Å²) in [6, 6.07) is 9.91. The minimum Gasteiger partial charge on any atom is -0.497 e. The third-order valence-electron chi connectivity index (χ3n) is 7.26. The minimum atomic E-state index is -1.70. The van der Waals surface area contributed by atoms with Gasteiger partial charge in [0.2, 0.25) is 5.91 Å². The number of hydrogen-bond acceptors (Lipinski definition) is 7. The predicted octanol–water partition coefficient (Wildman–Crippen LogP) is 3.82. The van der Waals surface area contributed by atoms with Crippen LogP contribution in [0.15, 0.2) is 36.4 Å². The lowest BCUT2D eigenvalue weighted by molar-refractivity contribution is -0.190. The van der Waals surface area contributed by atoms with Crippen molar-refractivity contribution in [1.29, 1.82) is 0 Å². The van der Waals surface area contributed by atoms with Gasteiger partial charge in [0, 0.05) is 24.9 Å². The monoisotopic (exact) mass is 544 g/mol. The molecule has 2 aliphatic rings. The van der Waals surface area contributed by atoms with Crippen molar-refractivity contribution in [1.82, 2.24) is 4.90 Å². The van der Waals surface area contributed by atoms with Gasteiger partial charge in [-0.1, -0.05) is 12.1 Å². The third-order valence-corrected chi connectivity index (χ3v) is 7.26. The summed E-state index contributed by atoms with van der Waals surface area (Å²) in [4.78, 5) is 28.1. The van der Waals surface area contributed by atoms with Crippen molar-refractivity contribution in [2.24, 2.45) is 0 Å². The van der Waals surface area contributed by atoms with E-state index in [4.69, 9.17) is 14.2 Å². The van der Waals surface area contributed by atoms with Gasteiger partial charge in [-0.2, -0.15) is 0 Å². The molecular formula is C29H37FN2O7. The number of likely N-dealkylation sites (tertiary alicyclic amines) is 1. The van der Waals surface area contributed by atoms with Gasteiger partial charge in [0.05, 0.1) is 25.9 Å². The Morgan fingerprint density at radius 2 is 1.79 bits per heavy atom. The number of halogens is 1.